The van der Waals surface area contributed by atoms with Gasteiger partial charge in [0.1, 0.15) is 11.3 Å². The zero-order chi connectivity index (χ0) is 10.4. The monoisotopic (exact) mass is 199 g/mol. The average molecular weight is 199 g/mol. The molecule has 0 saturated carbocycles. The van der Waals surface area contributed by atoms with Crippen molar-refractivity contribution >= 4 is 10.9 Å². The minimum atomic E-state index is 0.610. The number of aromatic nitrogens is 2. The zero-order valence-electron chi connectivity index (χ0n) is 8.70. The largest absolute Gasteiger partial charge is 0.314 e. The smallest absolute Gasteiger partial charge is 0.135 e. The molecule has 0 aliphatic carbocycles. The van der Waals surface area contributed by atoms with Crippen LogP contribution in [0.4, 0.5) is 0 Å². The fourth-order valence-electron chi connectivity index (χ4n) is 2.29. The first-order valence-corrected chi connectivity index (χ1v) is 5.29. The summed E-state index contributed by atoms with van der Waals surface area (Å²) in [5.41, 5.74) is 1.56. The summed E-state index contributed by atoms with van der Waals surface area (Å²) in [4.78, 5) is 4.61. The molecular formula is C12H13N3. The molecule has 1 aromatic carbocycles. The number of nitrogens with zero attached hydrogens (tertiary/aromatic N) is 2. The lowest BCUT2D eigenvalue weighted by Crippen LogP contribution is -2.21. The van der Waals surface area contributed by atoms with Gasteiger partial charge < -0.3 is 4.57 Å². The van der Waals surface area contributed by atoms with Crippen molar-refractivity contribution in [2.45, 2.75) is 19.9 Å². The maximum absolute atomic E-state index is 8.13. The van der Waals surface area contributed by atoms with E-state index in [2.05, 4.69) is 11.9 Å². The number of hydrogen-bond acceptors (Lipinski definition) is 2. The van der Waals surface area contributed by atoms with Crippen molar-refractivity contribution in [3.8, 4) is 0 Å². The third kappa shape index (κ3) is 1.19. The first-order chi connectivity index (χ1) is 7.25. The van der Waals surface area contributed by atoms with E-state index >= 15 is 0 Å². The van der Waals surface area contributed by atoms with Gasteiger partial charge in [0, 0.05) is 18.4 Å². The molecule has 76 valence electrons. The van der Waals surface area contributed by atoms with Crippen LogP contribution in [0.2, 0.25) is 0 Å². The summed E-state index contributed by atoms with van der Waals surface area (Å²) < 4.78 is 2.03. The molecule has 3 heteroatoms. The van der Waals surface area contributed by atoms with E-state index in [0.717, 1.165) is 29.7 Å². The Bertz CT molecular complexity index is 583. The second kappa shape index (κ2) is 2.92. The van der Waals surface area contributed by atoms with Crippen LogP contribution in [-0.4, -0.2) is 9.55 Å². The molecule has 0 radical (unpaired) electrons. The second-order valence-electron chi connectivity index (χ2n) is 4.31. The summed E-state index contributed by atoms with van der Waals surface area (Å²) in [5, 5.41) is 9.09. The Hall–Kier alpha value is -1.64. The minimum absolute atomic E-state index is 0.610. The summed E-state index contributed by atoms with van der Waals surface area (Å²) in [5.74, 6) is 1.67. The van der Waals surface area contributed by atoms with Gasteiger partial charge in [-0.05, 0) is 18.1 Å². The SMILES string of the molecule is CC1Cc2nc3ccccc3c(=N)n2C1. The first kappa shape index (κ1) is 8.65. The molecule has 1 atom stereocenters. The van der Waals surface area contributed by atoms with E-state index in [0.29, 0.717) is 11.4 Å². The molecule has 2 aromatic rings. The molecular weight excluding hydrogens is 186 g/mol. The lowest BCUT2D eigenvalue weighted by Gasteiger charge is -2.06. The number of benzene rings is 1. The fourth-order valence-corrected chi connectivity index (χ4v) is 2.29. The summed E-state index contributed by atoms with van der Waals surface area (Å²) >= 11 is 0. The lowest BCUT2D eigenvalue weighted by atomic mass is 10.1. The van der Waals surface area contributed by atoms with Gasteiger partial charge in [0.05, 0.1) is 5.52 Å². The van der Waals surface area contributed by atoms with Crippen molar-refractivity contribution in [2.24, 2.45) is 5.92 Å². The van der Waals surface area contributed by atoms with Crippen LogP contribution in [0.1, 0.15) is 12.7 Å². The summed E-state index contributed by atoms with van der Waals surface area (Å²) in [6.45, 7) is 3.14. The molecule has 1 aliphatic heterocycles. The van der Waals surface area contributed by atoms with Crippen molar-refractivity contribution in [3.63, 3.8) is 0 Å². The number of hydrogen-bond donors (Lipinski definition) is 1. The highest BCUT2D eigenvalue weighted by molar-refractivity contribution is 5.77. The van der Waals surface area contributed by atoms with E-state index in [9.17, 15) is 0 Å². The predicted molar refractivity (Wildman–Crippen MR) is 58.5 cm³/mol. The van der Waals surface area contributed by atoms with Crippen molar-refractivity contribution in [3.05, 3.63) is 35.6 Å². The number of para-hydroxylation sites is 1. The van der Waals surface area contributed by atoms with Gasteiger partial charge in [-0.25, -0.2) is 4.98 Å². The maximum atomic E-state index is 8.13. The van der Waals surface area contributed by atoms with Crippen LogP contribution in [0.15, 0.2) is 24.3 Å². The second-order valence-corrected chi connectivity index (χ2v) is 4.31. The van der Waals surface area contributed by atoms with Gasteiger partial charge in [-0.15, -0.1) is 0 Å². The van der Waals surface area contributed by atoms with Crippen LogP contribution in [0.5, 0.6) is 0 Å². The Morgan fingerprint density at radius 2 is 2.20 bits per heavy atom. The van der Waals surface area contributed by atoms with E-state index in [1.54, 1.807) is 0 Å². The molecule has 1 aliphatic rings. The van der Waals surface area contributed by atoms with E-state index < -0.39 is 0 Å². The maximum Gasteiger partial charge on any atom is 0.135 e. The van der Waals surface area contributed by atoms with E-state index in [4.69, 9.17) is 5.41 Å². The molecule has 1 unspecified atom stereocenters. The molecule has 15 heavy (non-hydrogen) atoms. The number of rotatable bonds is 0. The minimum Gasteiger partial charge on any atom is -0.314 e. The molecule has 1 aromatic heterocycles. The number of fused-ring (bicyclic) bond motifs is 2. The summed E-state index contributed by atoms with van der Waals surface area (Å²) in [6, 6.07) is 7.90. The number of nitrogens with one attached hydrogen (secondary N) is 1. The first-order valence-electron chi connectivity index (χ1n) is 5.29. The topological polar surface area (TPSA) is 41.7 Å². The standard InChI is InChI=1S/C12H13N3/c1-8-6-11-14-10-5-3-2-4-9(10)12(13)15(11)7-8/h2-5,8,13H,6-7H2,1H3. The van der Waals surface area contributed by atoms with E-state index in [-0.39, 0.29) is 0 Å². The summed E-state index contributed by atoms with van der Waals surface area (Å²) in [7, 11) is 0. The molecule has 3 nitrogen and oxygen atoms in total. The molecule has 0 bridgehead atoms. The van der Waals surface area contributed by atoms with Crippen LogP contribution in [-0.2, 0) is 13.0 Å². The highest BCUT2D eigenvalue weighted by Crippen LogP contribution is 2.18. The van der Waals surface area contributed by atoms with Crippen LogP contribution < -0.4 is 5.49 Å². The normalized spacial score (nSPS) is 19.4. The third-order valence-electron chi connectivity index (χ3n) is 3.02. The van der Waals surface area contributed by atoms with Crippen LogP contribution in [0.25, 0.3) is 10.9 Å². The molecule has 0 fully saturated rings. The molecule has 0 amide bonds. The highest BCUT2D eigenvalue weighted by atomic mass is 15.1. The van der Waals surface area contributed by atoms with Gasteiger partial charge in [0.25, 0.3) is 0 Å². The quantitative estimate of drug-likeness (QED) is 0.689. The van der Waals surface area contributed by atoms with Gasteiger partial charge in [0.2, 0.25) is 0 Å². The van der Waals surface area contributed by atoms with E-state index in [1.807, 2.05) is 28.8 Å². The predicted octanol–water partition coefficient (Wildman–Crippen LogP) is 1.71. The summed E-state index contributed by atoms with van der Waals surface area (Å²) in [6.07, 6.45) is 0.997. The molecule has 0 saturated heterocycles. The van der Waals surface area contributed by atoms with Gasteiger partial charge in [-0.3, -0.25) is 5.41 Å². The van der Waals surface area contributed by atoms with Crippen molar-refractivity contribution in [2.75, 3.05) is 0 Å². The Labute approximate surface area is 87.9 Å². The third-order valence-corrected chi connectivity index (χ3v) is 3.02. The molecule has 3 rings (SSSR count). The average Bonchev–Trinajstić information content (AvgIpc) is 2.59. The van der Waals surface area contributed by atoms with Crippen LogP contribution >= 0.6 is 0 Å². The van der Waals surface area contributed by atoms with Gasteiger partial charge in [-0.2, -0.15) is 0 Å². The van der Waals surface area contributed by atoms with Crippen molar-refractivity contribution in [1.82, 2.24) is 9.55 Å². The molecule has 0 spiro atoms. The Morgan fingerprint density at radius 3 is 3.07 bits per heavy atom. The molecule has 1 N–H and O–H groups in total. The molecule has 2 heterocycles. The van der Waals surface area contributed by atoms with E-state index in [1.165, 1.54) is 0 Å². The van der Waals surface area contributed by atoms with Crippen molar-refractivity contribution < 1.29 is 0 Å². The van der Waals surface area contributed by atoms with Gasteiger partial charge in [0.15, 0.2) is 0 Å². The van der Waals surface area contributed by atoms with Crippen molar-refractivity contribution in [1.29, 1.82) is 5.41 Å². The van der Waals surface area contributed by atoms with Crippen LogP contribution in [0, 0.1) is 11.3 Å². The van der Waals surface area contributed by atoms with Gasteiger partial charge >= 0.3 is 0 Å². The highest BCUT2D eigenvalue weighted by Gasteiger charge is 2.19. The van der Waals surface area contributed by atoms with Gasteiger partial charge in [-0.1, -0.05) is 19.1 Å². The Kier molecular flexibility index (Phi) is 1.69. The fraction of sp³-hybridized carbons (Fsp3) is 0.333. The Balaban J connectivity index is 2.40. The van der Waals surface area contributed by atoms with Crippen LogP contribution in [0.3, 0.4) is 0 Å². The lowest BCUT2D eigenvalue weighted by molar-refractivity contribution is 0.553. The zero-order valence-corrected chi connectivity index (χ0v) is 8.70. The Morgan fingerprint density at radius 1 is 1.40 bits per heavy atom.